The van der Waals surface area contributed by atoms with Crippen molar-refractivity contribution in [3.8, 4) is 0 Å². The zero-order chi connectivity index (χ0) is 13.5. The number of benzene rings is 1. The van der Waals surface area contributed by atoms with E-state index < -0.39 is 0 Å². The molecular weight excluding hydrogens is 262 g/mol. The fraction of sp³-hybridized carbons (Fsp3) is 0.200. The first-order valence-corrected chi connectivity index (χ1v) is 6.45. The number of rotatable bonds is 5. The fourth-order valence-corrected chi connectivity index (χ4v) is 1.79. The average molecular weight is 276 g/mol. The Hall–Kier alpha value is -1.87. The van der Waals surface area contributed by atoms with Crippen LogP contribution >= 0.6 is 11.6 Å². The minimum absolute atomic E-state index is 0.314. The molecule has 1 aromatic carbocycles. The highest BCUT2D eigenvalue weighted by Crippen LogP contribution is 2.10. The van der Waals surface area contributed by atoms with Crippen LogP contribution in [0.5, 0.6) is 0 Å². The standard InChI is InChI=1S/C15H14ClNO2/c16-14-5-3-13(4-6-14)15(18)19-11-1-2-12-7-9-17-10-8-12/h3-10H,1-2,11H2. The van der Waals surface area contributed by atoms with Crippen LogP contribution in [0, 0.1) is 0 Å². The first-order chi connectivity index (χ1) is 9.25. The molecule has 2 aromatic rings. The van der Waals surface area contributed by atoms with Crippen LogP contribution in [0.25, 0.3) is 0 Å². The Bertz CT molecular complexity index is 526. The Morgan fingerprint density at radius 2 is 1.79 bits per heavy atom. The van der Waals surface area contributed by atoms with E-state index in [9.17, 15) is 4.79 Å². The number of pyridine rings is 1. The molecule has 4 heteroatoms. The van der Waals surface area contributed by atoms with Gasteiger partial charge >= 0.3 is 5.97 Å². The van der Waals surface area contributed by atoms with Crippen molar-refractivity contribution in [3.63, 3.8) is 0 Å². The second-order valence-corrected chi connectivity index (χ2v) is 4.54. The van der Waals surface area contributed by atoms with E-state index in [1.54, 1.807) is 36.7 Å². The quantitative estimate of drug-likeness (QED) is 0.619. The van der Waals surface area contributed by atoms with Crippen molar-refractivity contribution in [3.05, 3.63) is 64.9 Å². The van der Waals surface area contributed by atoms with Crippen molar-refractivity contribution in [2.24, 2.45) is 0 Å². The van der Waals surface area contributed by atoms with Crippen LogP contribution in [0.15, 0.2) is 48.8 Å². The fourth-order valence-electron chi connectivity index (χ4n) is 1.66. The van der Waals surface area contributed by atoms with Gasteiger partial charge in [0, 0.05) is 17.4 Å². The van der Waals surface area contributed by atoms with E-state index in [0.717, 1.165) is 12.8 Å². The van der Waals surface area contributed by atoms with Crippen LogP contribution in [0.4, 0.5) is 0 Å². The predicted molar refractivity (Wildman–Crippen MR) is 74.3 cm³/mol. The van der Waals surface area contributed by atoms with E-state index >= 15 is 0 Å². The largest absolute Gasteiger partial charge is 0.462 e. The SMILES string of the molecule is O=C(OCCCc1ccncc1)c1ccc(Cl)cc1. The summed E-state index contributed by atoms with van der Waals surface area (Å²) >= 11 is 5.75. The molecule has 0 saturated heterocycles. The third kappa shape index (κ3) is 4.38. The molecule has 1 aromatic heterocycles. The highest BCUT2D eigenvalue weighted by molar-refractivity contribution is 6.30. The van der Waals surface area contributed by atoms with Gasteiger partial charge in [0.1, 0.15) is 0 Å². The summed E-state index contributed by atoms with van der Waals surface area (Å²) < 4.78 is 5.19. The van der Waals surface area contributed by atoms with Crippen molar-refractivity contribution in [1.82, 2.24) is 4.98 Å². The lowest BCUT2D eigenvalue weighted by molar-refractivity contribution is 0.0500. The van der Waals surface area contributed by atoms with Crippen molar-refractivity contribution in [1.29, 1.82) is 0 Å². The van der Waals surface area contributed by atoms with Crippen molar-refractivity contribution in [2.75, 3.05) is 6.61 Å². The molecule has 19 heavy (non-hydrogen) atoms. The maximum atomic E-state index is 11.7. The van der Waals surface area contributed by atoms with Crippen molar-refractivity contribution in [2.45, 2.75) is 12.8 Å². The van der Waals surface area contributed by atoms with Gasteiger partial charge in [0.05, 0.1) is 12.2 Å². The second-order valence-electron chi connectivity index (χ2n) is 4.10. The summed E-state index contributed by atoms with van der Waals surface area (Å²) in [6, 6.07) is 10.6. The van der Waals surface area contributed by atoms with Crippen LogP contribution in [-0.4, -0.2) is 17.6 Å². The summed E-state index contributed by atoms with van der Waals surface area (Å²) in [6.45, 7) is 0.407. The molecule has 0 unspecified atom stereocenters. The lowest BCUT2D eigenvalue weighted by Gasteiger charge is -2.05. The van der Waals surface area contributed by atoms with Crippen LogP contribution in [0.3, 0.4) is 0 Å². The van der Waals surface area contributed by atoms with Gasteiger partial charge in [0.25, 0.3) is 0 Å². The van der Waals surface area contributed by atoms with E-state index in [1.165, 1.54) is 5.56 Å². The lowest BCUT2D eigenvalue weighted by atomic mass is 10.1. The summed E-state index contributed by atoms with van der Waals surface area (Å²) in [7, 11) is 0. The van der Waals surface area contributed by atoms with Gasteiger partial charge in [-0.2, -0.15) is 0 Å². The molecule has 0 fully saturated rings. The number of carbonyl (C=O) groups excluding carboxylic acids is 1. The molecular formula is C15H14ClNO2. The molecule has 0 bridgehead atoms. The number of aromatic nitrogens is 1. The smallest absolute Gasteiger partial charge is 0.338 e. The zero-order valence-electron chi connectivity index (χ0n) is 10.4. The minimum Gasteiger partial charge on any atom is -0.462 e. The monoisotopic (exact) mass is 275 g/mol. The molecule has 98 valence electrons. The Kier molecular flexibility index (Phi) is 4.93. The van der Waals surface area contributed by atoms with Gasteiger partial charge in [0.15, 0.2) is 0 Å². The number of ether oxygens (including phenoxy) is 1. The first-order valence-electron chi connectivity index (χ1n) is 6.07. The average Bonchev–Trinajstić information content (AvgIpc) is 2.45. The molecule has 0 spiro atoms. The van der Waals surface area contributed by atoms with E-state index in [-0.39, 0.29) is 5.97 Å². The van der Waals surface area contributed by atoms with Gasteiger partial charge in [-0.3, -0.25) is 4.98 Å². The molecule has 2 rings (SSSR count). The Labute approximate surface area is 117 Å². The minimum atomic E-state index is -0.314. The topological polar surface area (TPSA) is 39.2 Å². The van der Waals surface area contributed by atoms with E-state index in [2.05, 4.69) is 4.98 Å². The first kappa shape index (κ1) is 13.6. The summed E-state index contributed by atoms with van der Waals surface area (Å²) in [5.74, 6) is -0.314. The molecule has 0 radical (unpaired) electrons. The summed E-state index contributed by atoms with van der Waals surface area (Å²) in [4.78, 5) is 15.6. The van der Waals surface area contributed by atoms with E-state index in [0.29, 0.717) is 17.2 Å². The lowest BCUT2D eigenvalue weighted by Crippen LogP contribution is -2.06. The number of halogens is 1. The number of hydrogen-bond acceptors (Lipinski definition) is 3. The molecule has 0 aliphatic carbocycles. The van der Waals surface area contributed by atoms with Crippen LogP contribution in [-0.2, 0) is 11.2 Å². The number of hydrogen-bond donors (Lipinski definition) is 0. The van der Waals surface area contributed by atoms with Crippen LogP contribution in [0.2, 0.25) is 5.02 Å². The van der Waals surface area contributed by atoms with E-state index in [1.807, 2.05) is 12.1 Å². The van der Waals surface area contributed by atoms with Gasteiger partial charge in [-0.15, -0.1) is 0 Å². The maximum Gasteiger partial charge on any atom is 0.338 e. The summed E-state index contributed by atoms with van der Waals surface area (Å²) in [6.07, 6.45) is 5.18. The third-order valence-corrected chi connectivity index (χ3v) is 2.92. The Morgan fingerprint density at radius 1 is 1.11 bits per heavy atom. The van der Waals surface area contributed by atoms with Gasteiger partial charge in [0.2, 0.25) is 0 Å². The summed E-state index contributed by atoms with van der Waals surface area (Å²) in [5, 5.41) is 0.606. The molecule has 0 aliphatic heterocycles. The van der Waals surface area contributed by atoms with E-state index in [4.69, 9.17) is 16.3 Å². The molecule has 0 saturated carbocycles. The highest BCUT2D eigenvalue weighted by atomic mass is 35.5. The second kappa shape index (κ2) is 6.90. The number of nitrogens with zero attached hydrogens (tertiary/aromatic N) is 1. The van der Waals surface area contributed by atoms with Gasteiger partial charge in [-0.1, -0.05) is 11.6 Å². The maximum absolute atomic E-state index is 11.7. The normalized spacial score (nSPS) is 10.2. The zero-order valence-corrected chi connectivity index (χ0v) is 11.1. The van der Waals surface area contributed by atoms with Gasteiger partial charge in [-0.05, 0) is 54.8 Å². The number of carbonyl (C=O) groups is 1. The summed E-state index contributed by atoms with van der Waals surface area (Å²) in [5.41, 5.74) is 1.71. The van der Waals surface area contributed by atoms with Crippen molar-refractivity contribution < 1.29 is 9.53 Å². The third-order valence-electron chi connectivity index (χ3n) is 2.67. The molecule has 0 N–H and O–H groups in total. The van der Waals surface area contributed by atoms with Gasteiger partial charge < -0.3 is 4.74 Å². The molecule has 3 nitrogen and oxygen atoms in total. The van der Waals surface area contributed by atoms with Gasteiger partial charge in [-0.25, -0.2) is 4.79 Å². The Morgan fingerprint density at radius 3 is 2.47 bits per heavy atom. The molecule has 1 heterocycles. The number of esters is 1. The van der Waals surface area contributed by atoms with Crippen LogP contribution in [0.1, 0.15) is 22.3 Å². The Balaban J connectivity index is 1.74. The van der Waals surface area contributed by atoms with Crippen molar-refractivity contribution >= 4 is 17.6 Å². The predicted octanol–water partition coefficient (Wildman–Crippen LogP) is 3.52. The number of aryl methyl sites for hydroxylation is 1. The molecule has 0 amide bonds. The molecule has 0 atom stereocenters. The molecule has 0 aliphatic rings. The van der Waals surface area contributed by atoms with Crippen LogP contribution < -0.4 is 0 Å². The highest BCUT2D eigenvalue weighted by Gasteiger charge is 2.06.